The first-order chi connectivity index (χ1) is 13.4. The fourth-order valence-corrected chi connectivity index (χ4v) is 4.17. The molecule has 1 aliphatic rings. The van der Waals surface area contributed by atoms with Gasteiger partial charge >= 0.3 is 0 Å². The number of aliphatic hydroxyl groups excluding tert-OH is 1. The Morgan fingerprint density at radius 1 is 1.43 bits per heavy atom. The van der Waals surface area contributed by atoms with Crippen LogP contribution in [-0.4, -0.2) is 69.0 Å². The maximum absolute atomic E-state index is 12.8. The van der Waals surface area contributed by atoms with Crippen molar-refractivity contribution in [2.75, 3.05) is 25.1 Å². The van der Waals surface area contributed by atoms with Crippen molar-refractivity contribution in [3.05, 3.63) is 34.7 Å². The number of rotatable bonds is 5. The minimum atomic E-state index is -1.01. The van der Waals surface area contributed by atoms with Crippen LogP contribution in [0.3, 0.4) is 0 Å². The van der Waals surface area contributed by atoms with E-state index in [2.05, 4.69) is 38.1 Å². The second kappa shape index (κ2) is 9.19. The van der Waals surface area contributed by atoms with E-state index in [0.29, 0.717) is 30.1 Å². The smallest absolute Gasteiger partial charge is 0.270 e. The number of aliphatic hydroxyl groups is 1. The summed E-state index contributed by atoms with van der Waals surface area (Å²) in [6, 6.07) is 3.29. The number of aromatic nitrogens is 2. The Morgan fingerprint density at radius 3 is 2.96 bits per heavy atom. The molecule has 0 saturated carbocycles. The van der Waals surface area contributed by atoms with Crippen LogP contribution in [0.2, 0.25) is 0 Å². The zero-order chi connectivity index (χ0) is 20.3. The van der Waals surface area contributed by atoms with Crippen LogP contribution in [0, 0.1) is 5.92 Å². The Morgan fingerprint density at radius 2 is 2.21 bits per heavy atom. The summed E-state index contributed by atoms with van der Waals surface area (Å²) in [6.07, 6.45) is 4.95. The van der Waals surface area contributed by atoms with Gasteiger partial charge in [-0.2, -0.15) is 11.8 Å². The number of nitrogens with zero attached hydrogens (tertiary/aromatic N) is 3. The van der Waals surface area contributed by atoms with Gasteiger partial charge in [-0.05, 0) is 46.7 Å². The Hall–Kier alpha value is -1.71. The summed E-state index contributed by atoms with van der Waals surface area (Å²) in [5, 5.41) is 13.8. The number of hydrogen-bond acceptors (Lipinski definition) is 6. The molecule has 0 aliphatic carbocycles. The first kappa shape index (κ1) is 21.0. The first-order valence-corrected chi connectivity index (χ1v) is 11.3. The van der Waals surface area contributed by atoms with E-state index in [4.69, 9.17) is 0 Å². The van der Waals surface area contributed by atoms with Gasteiger partial charge in [0, 0.05) is 42.7 Å². The van der Waals surface area contributed by atoms with Gasteiger partial charge in [0.25, 0.3) is 11.8 Å². The van der Waals surface area contributed by atoms with Gasteiger partial charge in [-0.3, -0.25) is 14.6 Å². The number of carbonyl (C=O) groups is 2. The quantitative estimate of drug-likeness (QED) is 0.700. The van der Waals surface area contributed by atoms with Crippen molar-refractivity contribution >= 4 is 50.4 Å². The molecular formula is C19H23BrN4O3S. The number of piperidine rings is 1. The second-order valence-corrected chi connectivity index (χ2v) is 8.76. The molecule has 9 heteroatoms. The average Bonchev–Trinajstić information content (AvgIpc) is 2.69. The monoisotopic (exact) mass is 466 g/mol. The topological polar surface area (TPSA) is 95.4 Å². The lowest BCUT2D eigenvalue weighted by molar-refractivity contribution is -0.140. The maximum atomic E-state index is 12.8. The summed E-state index contributed by atoms with van der Waals surface area (Å²) in [7, 11) is 0. The van der Waals surface area contributed by atoms with E-state index in [1.54, 1.807) is 23.4 Å². The lowest BCUT2D eigenvalue weighted by Crippen LogP contribution is -2.55. The number of likely N-dealkylation sites (tertiary alicyclic amines) is 1. The van der Waals surface area contributed by atoms with Crippen LogP contribution in [-0.2, 0) is 4.79 Å². The van der Waals surface area contributed by atoms with Crippen LogP contribution in [0.5, 0.6) is 0 Å². The molecule has 0 radical (unpaired) electrons. The highest BCUT2D eigenvalue weighted by Crippen LogP contribution is 2.22. The van der Waals surface area contributed by atoms with Gasteiger partial charge in [0.15, 0.2) is 0 Å². The third kappa shape index (κ3) is 4.64. The molecule has 1 fully saturated rings. The standard InChI is InChI=1S/C19H23BrN4O3S/c1-11-5-6-24(19(27)16(25)10-28-2)9-15(11)23-18(26)14-4-3-12-7-21-8-13(20)17(12)22-14/h3-4,7-8,11,15-16,25H,5-6,9-10H2,1-2H3,(H,23,26). The van der Waals surface area contributed by atoms with E-state index in [9.17, 15) is 14.7 Å². The number of hydrogen-bond donors (Lipinski definition) is 2. The van der Waals surface area contributed by atoms with E-state index in [1.165, 1.54) is 11.8 Å². The van der Waals surface area contributed by atoms with Gasteiger partial charge in [0.05, 0.1) is 9.99 Å². The number of amides is 2. The Balaban J connectivity index is 1.71. The molecule has 2 aromatic heterocycles. The molecular weight excluding hydrogens is 444 g/mol. The van der Waals surface area contributed by atoms with Crippen LogP contribution in [0.25, 0.3) is 10.9 Å². The molecule has 0 bridgehead atoms. The van der Waals surface area contributed by atoms with Gasteiger partial charge in [0.2, 0.25) is 0 Å². The summed E-state index contributed by atoms with van der Waals surface area (Å²) in [5.74, 6) is 0.0383. The average molecular weight is 467 g/mol. The zero-order valence-corrected chi connectivity index (χ0v) is 18.2. The molecule has 2 N–H and O–H groups in total. The van der Waals surface area contributed by atoms with Crippen molar-refractivity contribution < 1.29 is 14.7 Å². The number of halogens is 1. The van der Waals surface area contributed by atoms with E-state index in [0.717, 1.165) is 16.3 Å². The molecule has 3 atom stereocenters. The van der Waals surface area contributed by atoms with Crippen molar-refractivity contribution in [2.24, 2.45) is 5.92 Å². The Labute approximate surface area is 176 Å². The lowest BCUT2D eigenvalue weighted by Gasteiger charge is -2.38. The molecule has 1 aliphatic heterocycles. The van der Waals surface area contributed by atoms with Gasteiger partial charge in [-0.15, -0.1) is 0 Å². The van der Waals surface area contributed by atoms with Crippen LogP contribution in [0.1, 0.15) is 23.8 Å². The molecule has 3 rings (SSSR count). The normalized spacial score (nSPS) is 20.8. The lowest BCUT2D eigenvalue weighted by atomic mass is 9.93. The molecule has 1 saturated heterocycles. The number of carbonyl (C=O) groups excluding carboxylic acids is 2. The SMILES string of the molecule is CSCC(O)C(=O)N1CCC(C)C(NC(=O)c2ccc3cncc(Br)c3n2)C1. The minimum Gasteiger partial charge on any atom is -0.382 e. The maximum Gasteiger partial charge on any atom is 0.270 e. The van der Waals surface area contributed by atoms with Gasteiger partial charge in [-0.1, -0.05) is 6.92 Å². The largest absolute Gasteiger partial charge is 0.382 e. The van der Waals surface area contributed by atoms with Crippen LogP contribution < -0.4 is 5.32 Å². The van der Waals surface area contributed by atoms with Crippen LogP contribution >= 0.6 is 27.7 Å². The summed E-state index contributed by atoms with van der Waals surface area (Å²) in [5.41, 5.74) is 0.994. The predicted molar refractivity (Wildman–Crippen MR) is 113 cm³/mol. The van der Waals surface area contributed by atoms with E-state index < -0.39 is 6.10 Å². The number of fused-ring (bicyclic) bond motifs is 1. The van der Waals surface area contributed by atoms with Crippen LogP contribution in [0.15, 0.2) is 29.0 Å². The minimum absolute atomic E-state index is 0.190. The molecule has 3 unspecified atom stereocenters. The summed E-state index contributed by atoms with van der Waals surface area (Å²) >= 11 is 4.84. The second-order valence-electron chi connectivity index (χ2n) is 6.99. The zero-order valence-electron chi connectivity index (χ0n) is 15.8. The van der Waals surface area contributed by atoms with Gasteiger partial charge in [0.1, 0.15) is 11.8 Å². The fourth-order valence-electron chi connectivity index (χ4n) is 3.28. The van der Waals surface area contributed by atoms with Crippen molar-refractivity contribution in [1.29, 1.82) is 0 Å². The van der Waals surface area contributed by atoms with E-state index >= 15 is 0 Å². The van der Waals surface area contributed by atoms with Gasteiger partial charge in [-0.25, -0.2) is 4.98 Å². The van der Waals surface area contributed by atoms with E-state index in [1.807, 2.05) is 12.3 Å². The molecule has 150 valence electrons. The molecule has 2 amide bonds. The highest BCUT2D eigenvalue weighted by atomic mass is 79.9. The summed E-state index contributed by atoms with van der Waals surface area (Å²) in [6.45, 7) is 3.03. The predicted octanol–water partition coefficient (Wildman–Crippen LogP) is 2.08. The van der Waals surface area contributed by atoms with Crippen molar-refractivity contribution in [1.82, 2.24) is 20.2 Å². The highest BCUT2D eigenvalue weighted by molar-refractivity contribution is 9.10. The number of pyridine rings is 2. The van der Waals surface area contributed by atoms with Crippen LogP contribution in [0.4, 0.5) is 0 Å². The highest BCUT2D eigenvalue weighted by Gasteiger charge is 2.32. The van der Waals surface area contributed by atoms with Crippen molar-refractivity contribution in [3.8, 4) is 0 Å². The van der Waals surface area contributed by atoms with Crippen molar-refractivity contribution in [2.45, 2.75) is 25.5 Å². The molecule has 28 heavy (non-hydrogen) atoms. The Bertz CT molecular complexity index is 881. The number of thioether (sulfide) groups is 1. The third-order valence-corrected chi connectivity index (χ3v) is 6.21. The molecule has 3 heterocycles. The summed E-state index contributed by atoms with van der Waals surface area (Å²) in [4.78, 5) is 35.4. The summed E-state index contributed by atoms with van der Waals surface area (Å²) < 4.78 is 0.727. The molecule has 2 aromatic rings. The van der Waals surface area contributed by atoms with Crippen molar-refractivity contribution in [3.63, 3.8) is 0 Å². The third-order valence-electron chi connectivity index (χ3n) is 4.98. The van der Waals surface area contributed by atoms with Gasteiger partial charge < -0.3 is 15.3 Å². The molecule has 0 aromatic carbocycles. The molecule has 0 spiro atoms. The fraction of sp³-hybridized carbons (Fsp3) is 0.474. The first-order valence-electron chi connectivity index (χ1n) is 9.07. The Kier molecular flexibility index (Phi) is 6.90. The molecule has 7 nitrogen and oxygen atoms in total. The van der Waals surface area contributed by atoms with E-state index in [-0.39, 0.29) is 23.8 Å². The number of nitrogens with one attached hydrogen (secondary N) is 1.